The monoisotopic (exact) mass is 332 g/mol. The number of benzene rings is 1. The fourth-order valence-corrected chi connectivity index (χ4v) is 1.87. The van der Waals surface area contributed by atoms with Gasteiger partial charge in [-0.15, -0.1) is 0 Å². The molecule has 1 rings (SSSR count). The summed E-state index contributed by atoms with van der Waals surface area (Å²) in [6, 6.07) is 5.01. The summed E-state index contributed by atoms with van der Waals surface area (Å²) in [5.74, 6) is 3.90. The van der Waals surface area contributed by atoms with Crippen molar-refractivity contribution in [2.45, 2.75) is 20.5 Å². The van der Waals surface area contributed by atoms with Gasteiger partial charge in [0.25, 0.3) is 0 Å². The van der Waals surface area contributed by atoms with Crippen LogP contribution in [0.4, 0.5) is 0 Å². The summed E-state index contributed by atoms with van der Waals surface area (Å²) in [7, 11) is 0. The van der Waals surface area contributed by atoms with Crippen LogP contribution in [0.25, 0.3) is 0 Å². The van der Waals surface area contributed by atoms with E-state index in [0.717, 1.165) is 4.47 Å². The van der Waals surface area contributed by atoms with Crippen LogP contribution in [0.3, 0.4) is 0 Å². The molecule has 0 amide bonds. The molecule has 0 aliphatic heterocycles. The summed E-state index contributed by atoms with van der Waals surface area (Å²) >= 11 is 9.18. The fourth-order valence-electron chi connectivity index (χ4n) is 1.10. The number of esters is 1. The number of hydrogen-bond donors (Lipinski definition) is 1. The first-order chi connectivity index (χ1) is 8.04. The summed E-state index contributed by atoms with van der Waals surface area (Å²) < 4.78 is 5.42. The zero-order valence-electron chi connectivity index (χ0n) is 9.04. The van der Waals surface area contributed by atoms with Crippen molar-refractivity contribution in [2.24, 2.45) is 0 Å². The molecule has 18 heavy (non-hydrogen) atoms. The Morgan fingerprint density at radius 1 is 1.61 bits per heavy atom. The Labute approximate surface area is 120 Å². The fraction of sp³-hybridized carbons (Fsp3) is 0.308. The van der Waals surface area contributed by atoms with E-state index >= 15 is 0 Å². The van der Waals surface area contributed by atoms with Crippen LogP contribution >= 0.6 is 27.5 Å². The first kappa shape index (κ1) is 17.0. The van der Waals surface area contributed by atoms with Crippen LogP contribution in [-0.2, 0) is 9.53 Å². The van der Waals surface area contributed by atoms with Crippen LogP contribution in [0.1, 0.15) is 26.0 Å². The van der Waals surface area contributed by atoms with Gasteiger partial charge in [0.1, 0.15) is 6.10 Å². The predicted molar refractivity (Wildman–Crippen MR) is 75.3 cm³/mol. The molecule has 98 valence electrons. The SMILES string of the molecule is C.CCOC(=O)C#CC(O)c1ccc(Br)cc1Cl. The molecule has 1 aromatic rings. The van der Waals surface area contributed by atoms with E-state index in [1.807, 2.05) is 0 Å². The third-order valence-electron chi connectivity index (χ3n) is 1.84. The van der Waals surface area contributed by atoms with Gasteiger partial charge in [0.05, 0.1) is 6.61 Å². The molecule has 0 bridgehead atoms. The molecule has 0 fully saturated rings. The molecule has 0 saturated heterocycles. The van der Waals surface area contributed by atoms with E-state index in [1.165, 1.54) is 0 Å². The van der Waals surface area contributed by atoms with Crippen molar-refractivity contribution in [3.05, 3.63) is 33.3 Å². The number of rotatable bonds is 2. The number of carbonyl (C=O) groups is 1. The van der Waals surface area contributed by atoms with E-state index in [9.17, 15) is 9.90 Å². The largest absolute Gasteiger partial charge is 0.456 e. The molecule has 1 aromatic carbocycles. The van der Waals surface area contributed by atoms with E-state index in [1.54, 1.807) is 25.1 Å². The second-order valence-electron chi connectivity index (χ2n) is 3.06. The van der Waals surface area contributed by atoms with Crippen LogP contribution in [0, 0.1) is 11.8 Å². The van der Waals surface area contributed by atoms with Gasteiger partial charge in [-0.3, -0.25) is 0 Å². The second kappa shape index (κ2) is 8.15. The van der Waals surface area contributed by atoms with Crippen LogP contribution in [0.2, 0.25) is 5.02 Å². The molecule has 1 N–H and O–H groups in total. The maximum atomic E-state index is 11.0. The van der Waals surface area contributed by atoms with Gasteiger partial charge in [0.2, 0.25) is 0 Å². The van der Waals surface area contributed by atoms with Gasteiger partial charge in [0.15, 0.2) is 0 Å². The molecular weight excluding hydrogens is 319 g/mol. The molecule has 0 heterocycles. The lowest BCUT2D eigenvalue weighted by Crippen LogP contribution is -2.01. The molecular formula is C13H14BrClO3. The number of hydrogen-bond acceptors (Lipinski definition) is 3. The van der Waals surface area contributed by atoms with E-state index < -0.39 is 12.1 Å². The highest BCUT2D eigenvalue weighted by Crippen LogP contribution is 2.25. The summed E-state index contributed by atoms with van der Waals surface area (Å²) in [5, 5.41) is 10.1. The summed E-state index contributed by atoms with van der Waals surface area (Å²) in [6.07, 6.45) is -1.11. The van der Waals surface area contributed by atoms with Crippen molar-refractivity contribution in [2.75, 3.05) is 6.61 Å². The summed E-state index contributed by atoms with van der Waals surface area (Å²) in [4.78, 5) is 11.0. The van der Waals surface area contributed by atoms with Gasteiger partial charge in [-0.25, -0.2) is 4.79 Å². The first-order valence-corrected chi connectivity index (χ1v) is 6.03. The average molecular weight is 334 g/mol. The van der Waals surface area contributed by atoms with Crippen molar-refractivity contribution < 1.29 is 14.6 Å². The van der Waals surface area contributed by atoms with Gasteiger partial charge >= 0.3 is 5.97 Å². The Morgan fingerprint density at radius 3 is 2.83 bits per heavy atom. The van der Waals surface area contributed by atoms with Gasteiger partial charge in [0, 0.05) is 21.0 Å². The minimum atomic E-state index is -1.11. The molecule has 0 aromatic heterocycles. The molecule has 5 heteroatoms. The second-order valence-corrected chi connectivity index (χ2v) is 4.38. The Hall–Kier alpha value is -1.02. The molecule has 0 radical (unpaired) electrons. The van der Waals surface area contributed by atoms with Gasteiger partial charge in [-0.2, -0.15) is 0 Å². The van der Waals surface area contributed by atoms with Crippen molar-refractivity contribution in [1.29, 1.82) is 0 Å². The molecule has 0 aliphatic rings. The van der Waals surface area contributed by atoms with Crippen LogP contribution in [-0.4, -0.2) is 17.7 Å². The Morgan fingerprint density at radius 2 is 2.28 bits per heavy atom. The number of ether oxygens (including phenoxy) is 1. The van der Waals surface area contributed by atoms with E-state index in [2.05, 4.69) is 32.5 Å². The molecule has 1 unspecified atom stereocenters. The lowest BCUT2D eigenvalue weighted by Gasteiger charge is -2.06. The average Bonchev–Trinajstić information content (AvgIpc) is 2.26. The minimum Gasteiger partial charge on any atom is -0.456 e. The normalized spacial score (nSPS) is 10.7. The number of halogens is 2. The van der Waals surface area contributed by atoms with Gasteiger partial charge in [-0.1, -0.05) is 46.9 Å². The first-order valence-electron chi connectivity index (χ1n) is 4.86. The van der Waals surface area contributed by atoms with Crippen molar-refractivity contribution >= 4 is 33.5 Å². The van der Waals surface area contributed by atoms with Crippen molar-refractivity contribution in [3.8, 4) is 11.8 Å². The third-order valence-corrected chi connectivity index (χ3v) is 2.66. The zero-order chi connectivity index (χ0) is 12.8. The molecule has 1 atom stereocenters. The van der Waals surface area contributed by atoms with E-state index in [0.29, 0.717) is 10.6 Å². The minimum absolute atomic E-state index is 0. The maximum Gasteiger partial charge on any atom is 0.384 e. The quantitative estimate of drug-likeness (QED) is 0.513. The maximum absolute atomic E-state index is 11.0. The number of carbonyl (C=O) groups excluding carboxylic acids is 1. The lowest BCUT2D eigenvalue weighted by atomic mass is 10.1. The topological polar surface area (TPSA) is 46.5 Å². The number of aliphatic hydroxyl groups is 1. The van der Waals surface area contributed by atoms with E-state index in [4.69, 9.17) is 11.6 Å². The highest BCUT2D eigenvalue weighted by molar-refractivity contribution is 9.10. The zero-order valence-corrected chi connectivity index (χ0v) is 11.4. The number of aliphatic hydroxyl groups excluding tert-OH is 1. The summed E-state index contributed by atoms with van der Waals surface area (Å²) in [6.45, 7) is 1.93. The highest BCUT2D eigenvalue weighted by atomic mass is 79.9. The predicted octanol–water partition coefficient (Wildman–Crippen LogP) is 3.34. The van der Waals surface area contributed by atoms with Crippen molar-refractivity contribution in [3.63, 3.8) is 0 Å². The van der Waals surface area contributed by atoms with Crippen LogP contribution < -0.4 is 0 Å². The highest BCUT2D eigenvalue weighted by Gasteiger charge is 2.09. The van der Waals surface area contributed by atoms with Gasteiger partial charge < -0.3 is 9.84 Å². The van der Waals surface area contributed by atoms with E-state index in [-0.39, 0.29) is 14.0 Å². The van der Waals surface area contributed by atoms with Crippen LogP contribution in [0.15, 0.2) is 22.7 Å². The Balaban J connectivity index is 0.00000289. The van der Waals surface area contributed by atoms with Gasteiger partial charge in [-0.05, 0) is 19.1 Å². The molecule has 0 saturated carbocycles. The Kier molecular flexibility index (Phi) is 7.69. The standard InChI is InChI=1S/C12H10BrClO3.CH4/c1-2-17-12(16)6-5-11(15)9-4-3-8(13)7-10(9)14;/h3-4,7,11,15H,2H2,1H3;1H4. The smallest absolute Gasteiger partial charge is 0.384 e. The molecule has 0 aliphatic carbocycles. The Bertz CT molecular complexity index is 477. The van der Waals surface area contributed by atoms with Crippen LogP contribution in [0.5, 0.6) is 0 Å². The molecule has 3 nitrogen and oxygen atoms in total. The lowest BCUT2D eigenvalue weighted by molar-refractivity contribution is -0.136. The molecule has 0 spiro atoms. The van der Waals surface area contributed by atoms with Crippen molar-refractivity contribution in [1.82, 2.24) is 0 Å². The summed E-state index contributed by atoms with van der Waals surface area (Å²) in [5.41, 5.74) is 0.451. The third kappa shape index (κ3) is 5.09.